The number of benzene rings is 2. The van der Waals surface area contributed by atoms with Crippen LogP contribution >= 0.6 is 0 Å². The van der Waals surface area contributed by atoms with Gasteiger partial charge in [-0.3, -0.25) is 14.9 Å². The Bertz CT molecular complexity index is 1380. The number of anilines is 1. The minimum atomic E-state index is -0.625. The molecule has 220 valence electrons. The van der Waals surface area contributed by atoms with E-state index in [1.165, 1.54) is 22.3 Å². The Morgan fingerprint density at radius 3 is 1.83 bits per heavy atom. The van der Waals surface area contributed by atoms with Crippen LogP contribution in [0.4, 0.5) is 5.69 Å². The molecule has 4 aliphatic rings. The molecule has 2 amide bonds. The van der Waals surface area contributed by atoms with Gasteiger partial charge in [0.1, 0.15) is 5.75 Å². The molecule has 6 rings (SSSR count). The molecule has 0 unspecified atom stereocenters. The third kappa shape index (κ3) is 4.24. The zero-order valence-electron chi connectivity index (χ0n) is 25.7. The SMILES string of the molecule is CCNc1ccc2c(c1)[C@@]1(C)CCC[C@](C)(C(=O)NC(=O)[C@@]3(C)CCC[C@]4(C)c5cc(O)ccc5CC[C@@H]34)[C@@H]1CC2. The summed E-state index contributed by atoms with van der Waals surface area (Å²) in [5.41, 5.74) is 4.92. The Hall–Kier alpha value is -2.82. The van der Waals surface area contributed by atoms with Gasteiger partial charge >= 0.3 is 0 Å². The first kappa shape index (κ1) is 28.3. The van der Waals surface area contributed by atoms with E-state index in [9.17, 15) is 14.7 Å². The van der Waals surface area contributed by atoms with Crippen molar-refractivity contribution in [1.29, 1.82) is 0 Å². The fourth-order valence-corrected chi connectivity index (χ4v) is 10.2. The summed E-state index contributed by atoms with van der Waals surface area (Å²) < 4.78 is 0. The van der Waals surface area contributed by atoms with Gasteiger partial charge in [0, 0.05) is 12.2 Å². The number of fused-ring (bicyclic) bond motifs is 6. The van der Waals surface area contributed by atoms with E-state index in [0.29, 0.717) is 0 Å². The van der Waals surface area contributed by atoms with Gasteiger partial charge < -0.3 is 10.4 Å². The first-order valence-electron chi connectivity index (χ1n) is 16.0. The first-order valence-corrected chi connectivity index (χ1v) is 16.0. The van der Waals surface area contributed by atoms with Crippen molar-refractivity contribution in [3.63, 3.8) is 0 Å². The van der Waals surface area contributed by atoms with Gasteiger partial charge in [0.2, 0.25) is 11.8 Å². The highest BCUT2D eigenvalue weighted by Crippen LogP contribution is 2.59. The van der Waals surface area contributed by atoms with Crippen molar-refractivity contribution in [3.05, 3.63) is 58.7 Å². The van der Waals surface area contributed by atoms with Gasteiger partial charge in [0.25, 0.3) is 0 Å². The van der Waals surface area contributed by atoms with E-state index in [1.54, 1.807) is 6.07 Å². The second-order valence-corrected chi connectivity index (χ2v) is 14.6. The Balaban J connectivity index is 1.27. The van der Waals surface area contributed by atoms with E-state index in [0.717, 1.165) is 76.4 Å². The summed E-state index contributed by atoms with van der Waals surface area (Å²) in [6.45, 7) is 11.9. The van der Waals surface area contributed by atoms with Gasteiger partial charge in [0.05, 0.1) is 10.8 Å². The smallest absolute Gasteiger partial charge is 0.232 e. The molecule has 0 bridgehead atoms. The lowest BCUT2D eigenvalue weighted by molar-refractivity contribution is -0.150. The standard InChI is InChI=1S/C36H48N2O3/c1-6-37-25-13-9-23-11-15-29-33(2,27(23)21-25)17-7-19-35(29,4)31(40)38-32(41)36(5)20-8-18-34(3)28-22-26(39)14-10-24(28)12-16-30(34)36/h9-10,13-14,21-22,29-30,37,39H,6-8,11-12,15-20H2,1-5H3,(H,38,40,41)/t29-,30-,33-,34-,35+,36+/m1/s1. The second-order valence-electron chi connectivity index (χ2n) is 14.6. The molecule has 0 spiro atoms. The number of phenols is 1. The molecule has 5 heteroatoms. The van der Waals surface area contributed by atoms with Gasteiger partial charge in [-0.25, -0.2) is 0 Å². The summed E-state index contributed by atoms with van der Waals surface area (Å²) in [5, 5.41) is 16.8. The molecule has 41 heavy (non-hydrogen) atoms. The molecule has 4 aliphatic carbocycles. The molecular weight excluding hydrogens is 508 g/mol. The molecule has 0 radical (unpaired) electrons. The molecule has 3 N–H and O–H groups in total. The van der Waals surface area contributed by atoms with Crippen LogP contribution in [-0.4, -0.2) is 23.5 Å². The average Bonchev–Trinajstić information content (AvgIpc) is 2.93. The third-order valence-corrected chi connectivity index (χ3v) is 12.3. The van der Waals surface area contributed by atoms with Crippen molar-refractivity contribution in [2.24, 2.45) is 22.7 Å². The molecule has 6 atom stereocenters. The van der Waals surface area contributed by atoms with Crippen LogP contribution in [0.25, 0.3) is 0 Å². The number of nitrogens with one attached hydrogen (secondary N) is 2. The van der Waals surface area contributed by atoms with Crippen molar-refractivity contribution in [1.82, 2.24) is 5.32 Å². The fraction of sp³-hybridized carbons (Fsp3) is 0.611. The topological polar surface area (TPSA) is 78.4 Å². The second kappa shape index (κ2) is 9.88. The van der Waals surface area contributed by atoms with E-state index in [4.69, 9.17) is 0 Å². The van der Waals surface area contributed by atoms with Crippen LogP contribution in [0, 0.1) is 22.7 Å². The van der Waals surface area contributed by atoms with E-state index >= 15 is 0 Å². The van der Waals surface area contributed by atoms with E-state index in [1.807, 2.05) is 12.1 Å². The summed E-state index contributed by atoms with van der Waals surface area (Å²) in [6.07, 6.45) is 9.37. The summed E-state index contributed by atoms with van der Waals surface area (Å²) >= 11 is 0. The predicted octanol–water partition coefficient (Wildman–Crippen LogP) is 7.19. The minimum Gasteiger partial charge on any atom is -0.508 e. The lowest BCUT2D eigenvalue weighted by atomic mass is 9.49. The maximum absolute atomic E-state index is 14.3. The van der Waals surface area contributed by atoms with E-state index in [-0.39, 0.29) is 40.2 Å². The van der Waals surface area contributed by atoms with Crippen LogP contribution in [0.5, 0.6) is 5.75 Å². The minimum absolute atomic E-state index is 0.0768. The largest absolute Gasteiger partial charge is 0.508 e. The number of carbonyl (C=O) groups is 2. The van der Waals surface area contributed by atoms with E-state index < -0.39 is 10.8 Å². The quantitative estimate of drug-likeness (QED) is 0.348. The van der Waals surface area contributed by atoms with Crippen LogP contribution in [0.3, 0.4) is 0 Å². The highest BCUT2D eigenvalue weighted by atomic mass is 16.3. The molecule has 0 heterocycles. The monoisotopic (exact) mass is 556 g/mol. The molecule has 0 saturated heterocycles. The number of hydrogen-bond acceptors (Lipinski definition) is 4. The molecule has 2 aromatic carbocycles. The fourth-order valence-electron chi connectivity index (χ4n) is 10.2. The third-order valence-electron chi connectivity index (χ3n) is 12.3. The van der Waals surface area contributed by atoms with Crippen molar-refractivity contribution < 1.29 is 14.7 Å². The van der Waals surface area contributed by atoms with Crippen molar-refractivity contribution >= 4 is 17.5 Å². The van der Waals surface area contributed by atoms with Crippen molar-refractivity contribution in [3.8, 4) is 5.75 Å². The van der Waals surface area contributed by atoms with Gasteiger partial charge in [-0.15, -0.1) is 0 Å². The Kier molecular flexibility index (Phi) is 6.82. The maximum atomic E-state index is 14.3. The van der Waals surface area contributed by atoms with Crippen LogP contribution in [0.1, 0.15) is 108 Å². The Labute approximate surface area is 245 Å². The molecule has 2 saturated carbocycles. The van der Waals surface area contributed by atoms with Crippen LogP contribution in [0.2, 0.25) is 0 Å². The lowest BCUT2D eigenvalue weighted by Crippen LogP contribution is -2.60. The number of aryl methyl sites for hydroxylation is 2. The zero-order valence-corrected chi connectivity index (χ0v) is 25.7. The number of hydrogen-bond donors (Lipinski definition) is 3. The number of aromatic hydroxyl groups is 1. The summed E-state index contributed by atoms with van der Waals surface area (Å²) in [5.74, 6) is 0.432. The Morgan fingerprint density at radius 2 is 1.29 bits per heavy atom. The van der Waals surface area contributed by atoms with Crippen LogP contribution in [-0.2, 0) is 33.3 Å². The van der Waals surface area contributed by atoms with Gasteiger partial charge in [-0.2, -0.15) is 0 Å². The summed E-state index contributed by atoms with van der Waals surface area (Å²) in [6, 6.07) is 12.5. The van der Waals surface area contributed by atoms with Gasteiger partial charge in [-0.1, -0.05) is 52.7 Å². The molecule has 0 aliphatic heterocycles. The van der Waals surface area contributed by atoms with Crippen LogP contribution < -0.4 is 10.6 Å². The van der Waals surface area contributed by atoms with E-state index in [2.05, 4.69) is 63.5 Å². The zero-order chi connectivity index (χ0) is 29.2. The van der Waals surface area contributed by atoms with Gasteiger partial charge in [-0.05, 0) is 127 Å². The van der Waals surface area contributed by atoms with Crippen molar-refractivity contribution in [2.45, 2.75) is 110 Å². The molecule has 0 aromatic heterocycles. The molecular formula is C36H48N2O3. The number of rotatable bonds is 4. The van der Waals surface area contributed by atoms with Crippen LogP contribution in [0.15, 0.2) is 36.4 Å². The first-order chi connectivity index (χ1) is 19.5. The maximum Gasteiger partial charge on any atom is 0.232 e. The summed E-state index contributed by atoms with van der Waals surface area (Å²) in [7, 11) is 0. The number of imide groups is 1. The Morgan fingerprint density at radius 1 is 0.780 bits per heavy atom. The highest BCUT2D eigenvalue weighted by Gasteiger charge is 2.58. The number of amides is 2. The summed E-state index contributed by atoms with van der Waals surface area (Å²) in [4.78, 5) is 28.6. The molecule has 2 fully saturated rings. The molecule has 5 nitrogen and oxygen atoms in total. The molecule has 2 aromatic rings. The van der Waals surface area contributed by atoms with Crippen molar-refractivity contribution in [2.75, 3.05) is 11.9 Å². The lowest BCUT2D eigenvalue weighted by Gasteiger charge is -2.56. The number of phenolic OH excluding ortho intramolecular Hbond substituents is 1. The predicted molar refractivity (Wildman–Crippen MR) is 164 cm³/mol. The highest BCUT2D eigenvalue weighted by molar-refractivity contribution is 6.00. The van der Waals surface area contributed by atoms with Gasteiger partial charge in [0.15, 0.2) is 0 Å². The number of carbonyl (C=O) groups excluding carboxylic acids is 2. The normalized spacial score (nSPS) is 35.7. The average molecular weight is 557 g/mol.